The maximum absolute atomic E-state index is 13.7. The third kappa shape index (κ3) is 3.91. The number of hydrogen-bond donors (Lipinski definition) is 3. The lowest BCUT2D eigenvalue weighted by atomic mass is 9.81. The second-order valence-electron chi connectivity index (χ2n) is 7.40. The summed E-state index contributed by atoms with van der Waals surface area (Å²) in [7, 11) is 0. The number of para-hydroxylation sites is 1. The summed E-state index contributed by atoms with van der Waals surface area (Å²) in [6.45, 7) is 1.10. The van der Waals surface area contributed by atoms with Crippen molar-refractivity contribution in [1.29, 1.82) is 0 Å². The fourth-order valence-electron chi connectivity index (χ4n) is 4.56. The van der Waals surface area contributed by atoms with E-state index in [2.05, 4.69) is 28.1 Å². The third-order valence-corrected chi connectivity index (χ3v) is 6.58. The third-order valence-electron chi connectivity index (χ3n) is 5.71. The van der Waals surface area contributed by atoms with Crippen molar-refractivity contribution in [2.24, 2.45) is 0 Å². The van der Waals surface area contributed by atoms with E-state index in [0.717, 1.165) is 19.4 Å². The fourth-order valence-corrected chi connectivity index (χ4v) is 5.30. The van der Waals surface area contributed by atoms with Gasteiger partial charge in [0.15, 0.2) is 0 Å². The molecule has 0 radical (unpaired) electrons. The van der Waals surface area contributed by atoms with Crippen LogP contribution >= 0.6 is 11.3 Å². The van der Waals surface area contributed by atoms with Crippen LogP contribution < -0.4 is 15.5 Å². The van der Waals surface area contributed by atoms with Crippen LogP contribution in [0.4, 0.5) is 14.9 Å². The van der Waals surface area contributed by atoms with Gasteiger partial charge in [0.2, 0.25) is 0 Å². The van der Waals surface area contributed by atoms with Gasteiger partial charge in [-0.2, -0.15) is 0 Å². The summed E-state index contributed by atoms with van der Waals surface area (Å²) in [5.74, 6) is -0.408. The predicted octanol–water partition coefficient (Wildman–Crippen LogP) is 3.18. The van der Waals surface area contributed by atoms with Crippen LogP contribution in [0.25, 0.3) is 0 Å². The zero-order valence-electron chi connectivity index (χ0n) is 14.7. The first-order chi connectivity index (χ1) is 12.7. The summed E-state index contributed by atoms with van der Waals surface area (Å²) >= 11 is 1.83. The SMILES string of the molecule is O=C(Nc1ccccc1F)NC1C[C@H]2CCC[C@H](C1)[NH+]2Cc1cccs1. The second-order valence-corrected chi connectivity index (χ2v) is 8.43. The van der Waals surface area contributed by atoms with E-state index in [1.807, 2.05) is 11.3 Å². The van der Waals surface area contributed by atoms with Gasteiger partial charge in [-0.05, 0) is 42.8 Å². The van der Waals surface area contributed by atoms with Crippen molar-refractivity contribution in [2.75, 3.05) is 5.32 Å². The molecule has 2 aliphatic rings. The minimum Gasteiger partial charge on any atom is -0.335 e. The quantitative estimate of drug-likeness (QED) is 0.756. The Balaban J connectivity index is 1.36. The van der Waals surface area contributed by atoms with Crippen LogP contribution in [0.5, 0.6) is 0 Å². The summed E-state index contributed by atoms with van der Waals surface area (Å²) in [4.78, 5) is 15.4. The van der Waals surface area contributed by atoms with Gasteiger partial charge in [-0.3, -0.25) is 0 Å². The molecule has 4 nitrogen and oxygen atoms in total. The average Bonchev–Trinajstić information content (AvgIpc) is 3.11. The smallest absolute Gasteiger partial charge is 0.319 e. The van der Waals surface area contributed by atoms with Crippen LogP contribution in [0.2, 0.25) is 0 Å². The molecule has 0 unspecified atom stereocenters. The van der Waals surface area contributed by atoms with Crippen LogP contribution in [0.15, 0.2) is 41.8 Å². The Hall–Kier alpha value is -1.92. The van der Waals surface area contributed by atoms with Gasteiger partial charge in [-0.25, -0.2) is 9.18 Å². The molecule has 0 saturated carbocycles. The summed E-state index contributed by atoms with van der Waals surface area (Å²) in [6.07, 6.45) is 5.75. The molecule has 2 saturated heterocycles. The topological polar surface area (TPSA) is 45.6 Å². The Morgan fingerprint density at radius 2 is 1.92 bits per heavy atom. The average molecular weight is 375 g/mol. The number of rotatable bonds is 4. The first-order valence-electron chi connectivity index (χ1n) is 9.39. The fraction of sp³-hybridized carbons (Fsp3) is 0.450. The molecule has 0 aliphatic carbocycles. The van der Waals surface area contributed by atoms with Gasteiger partial charge in [0, 0.05) is 18.9 Å². The van der Waals surface area contributed by atoms with E-state index in [0.29, 0.717) is 12.1 Å². The molecule has 1 aromatic carbocycles. The van der Waals surface area contributed by atoms with Crippen molar-refractivity contribution in [1.82, 2.24) is 5.32 Å². The number of nitrogens with one attached hydrogen (secondary N) is 3. The van der Waals surface area contributed by atoms with E-state index in [1.165, 1.54) is 30.2 Å². The van der Waals surface area contributed by atoms with Crippen LogP contribution in [-0.2, 0) is 6.54 Å². The van der Waals surface area contributed by atoms with Gasteiger partial charge in [-0.1, -0.05) is 18.2 Å². The van der Waals surface area contributed by atoms with Crippen LogP contribution in [0.1, 0.15) is 37.0 Å². The van der Waals surface area contributed by atoms with Gasteiger partial charge in [-0.15, -0.1) is 11.3 Å². The van der Waals surface area contributed by atoms with E-state index in [-0.39, 0.29) is 17.8 Å². The molecule has 2 aromatic rings. The lowest BCUT2D eigenvalue weighted by molar-refractivity contribution is -0.973. The number of amides is 2. The number of hydrogen-bond acceptors (Lipinski definition) is 2. The molecule has 0 spiro atoms. The molecule has 4 rings (SSSR count). The monoisotopic (exact) mass is 374 g/mol. The summed E-state index contributed by atoms with van der Waals surface area (Å²) in [5.41, 5.74) is 0.228. The van der Waals surface area contributed by atoms with E-state index < -0.39 is 5.82 Å². The minimum absolute atomic E-state index is 0.171. The standard InChI is InChI=1S/C20H24FN3OS/c21-18-8-1-2-9-19(18)23-20(25)22-14-11-15-5-3-6-16(12-14)24(15)13-17-7-4-10-26-17/h1-2,4,7-10,14-16H,3,5-6,11-13H2,(H2,22,23,25)/p+1/t15-,16-/m1/s1. The largest absolute Gasteiger partial charge is 0.335 e. The highest BCUT2D eigenvalue weighted by atomic mass is 32.1. The Bertz CT molecular complexity index is 737. The lowest BCUT2D eigenvalue weighted by Gasteiger charge is -2.45. The van der Waals surface area contributed by atoms with Gasteiger partial charge in [0.1, 0.15) is 12.4 Å². The van der Waals surface area contributed by atoms with Gasteiger partial charge in [0.25, 0.3) is 0 Å². The number of halogens is 1. The Labute approximate surface area is 157 Å². The first kappa shape index (κ1) is 17.5. The number of carbonyl (C=O) groups excluding carboxylic acids is 1. The van der Waals surface area contributed by atoms with Gasteiger partial charge < -0.3 is 15.5 Å². The number of benzene rings is 1. The van der Waals surface area contributed by atoms with Crippen molar-refractivity contribution < 1.29 is 14.1 Å². The van der Waals surface area contributed by atoms with E-state index in [4.69, 9.17) is 0 Å². The number of thiophene rings is 1. The molecule has 2 aliphatic heterocycles. The molecule has 2 amide bonds. The lowest BCUT2D eigenvalue weighted by Crippen LogP contribution is -3.20. The molecule has 3 heterocycles. The highest BCUT2D eigenvalue weighted by molar-refractivity contribution is 7.09. The summed E-state index contributed by atoms with van der Waals surface area (Å²) < 4.78 is 13.7. The normalized spacial score (nSPS) is 27.7. The zero-order chi connectivity index (χ0) is 17.9. The van der Waals surface area contributed by atoms with E-state index in [1.54, 1.807) is 23.1 Å². The number of urea groups is 1. The maximum atomic E-state index is 13.7. The van der Waals surface area contributed by atoms with Crippen molar-refractivity contribution in [2.45, 2.75) is 56.8 Å². The van der Waals surface area contributed by atoms with E-state index in [9.17, 15) is 9.18 Å². The van der Waals surface area contributed by atoms with Crippen molar-refractivity contribution in [3.8, 4) is 0 Å². The highest BCUT2D eigenvalue weighted by Gasteiger charge is 2.42. The number of carbonyl (C=O) groups is 1. The Morgan fingerprint density at radius 1 is 1.15 bits per heavy atom. The van der Waals surface area contributed by atoms with Gasteiger partial charge >= 0.3 is 6.03 Å². The molecular formula is C20H25FN3OS+. The van der Waals surface area contributed by atoms with Crippen molar-refractivity contribution in [3.05, 3.63) is 52.5 Å². The second kappa shape index (κ2) is 7.76. The minimum atomic E-state index is -0.408. The van der Waals surface area contributed by atoms with Crippen molar-refractivity contribution >= 4 is 23.1 Å². The highest BCUT2D eigenvalue weighted by Crippen LogP contribution is 2.23. The molecule has 138 valence electrons. The molecule has 1 aromatic heterocycles. The molecule has 2 atom stereocenters. The van der Waals surface area contributed by atoms with Crippen LogP contribution in [-0.4, -0.2) is 24.2 Å². The number of piperidine rings is 2. The van der Waals surface area contributed by atoms with Crippen LogP contribution in [0.3, 0.4) is 0 Å². The van der Waals surface area contributed by atoms with Gasteiger partial charge in [0.05, 0.1) is 22.6 Å². The summed E-state index contributed by atoms with van der Waals surface area (Å²) in [6, 6.07) is 11.7. The molecule has 3 N–H and O–H groups in total. The zero-order valence-corrected chi connectivity index (χ0v) is 15.5. The van der Waals surface area contributed by atoms with E-state index >= 15 is 0 Å². The van der Waals surface area contributed by atoms with Crippen LogP contribution in [0, 0.1) is 5.82 Å². The number of fused-ring (bicyclic) bond motifs is 2. The maximum Gasteiger partial charge on any atom is 0.319 e. The molecule has 6 heteroatoms. The molecule has 26 heavy (non-hydrogen) atoms. The number of anilines is 1. The first-order valence-corrected chi connectivity index (χ1v) is 10.3. The molecule has 2 fully saturated rings. The summed E-state index contributed by atoms with van der Waals surface area (Å²) in [5, 5.41) is 7.86. The Morgan fingerprint density at radius 3 is 2.62 bits per heavy atom. The Kier molecular flexibility index (Phi) is 5.22. The van der Waals surface area contributed by atoms with Crippen molar-refractivity contribution in [3.63, 3.8) is 0 Å². The molecular weight excluding hydrogens is 349 g/mol. The predicted molar refractivity (Wildman–Crippen MR) is 102 cm³/mol. The molecule has 2 bridgehead atoms. The number of quaternary nitrogens is 1.